The van der Waals surface area contributed by atoms with Crippen LogP contribution in [0, 0.1) is 5.82 Å². The number of hydrogen-bond acceptors (Lipinski definition) is 3. The van der Waals surface area contributed by atoms with Gasteiger partial charge in [0.05, 0.1) is 7.11 Å². The molecule has 0 bridgehead atoms. The van der Waals surface area contributed by atoms with Gasteiger partial charge < -0.3 is 10.1 Å². The summed E-state index contributed by atoms with van der Waals surface area (Å²) in [6.07, 6.45) is 3.48. The number of likely N-dealkylation sites (N-methyl/N-ethyl adjacent to an activating group) is 1. The molecule has 100 valence electrons. The van der Waals surface area contributed by atoms with Crippen LogP contribution in [0.1, 0.15) is 17.0 Å². The lowest BCUT2D eigenvalue weighted by molar-refractivity contribution is 0.405. The van der Waals surface area contributed by atoms with Crippen LogP contribution in [0.25, 0.3) is 0 Å². The molecule has 1 aromatic heterocycles. The van der Waals surface area contributed by atoms with E-state index >= 15 is 0 Å². The Morgan fingerprint density at radius 2 is 2.00 bits per heavy atom. The number of aromatic nitrogens is 1. The minimum atomic E-state index is -0.258. The highest BCUT2D eigenvalue weighted by Crippen LogP contribution is 2.31. The highest BCUT2D eigenvalue weighted by Gasteiger charge is 2.18. The zero-order chi connectivity index (χ0) is 13.7. The topological polar surface area (TPSA) is 34.2 Å². The summed E-state index contributed by atoms with van der Waals surface area (Å²) in [4.78, 5) is 4.02. The van der Waals surface area contributed by atoms with Crippen LogP contribution in [0.15, 0.2) is 42.7 Å². The third kappa shape index (κ3) is 3.09. The fourth-order valence-electron chi connectivity index (χ4n) is 2.18. The molecule has 1 atom stereocenters. The molecule has 0 amide bonds. The summed E-state index contributed by atoms with van der Waals surface area (Å²) in [5.74, 6) is 0.461. The summed E-state index contributed by atoms with van der Waals surface area (Å²) in [7, 11) is 3.47. The number of pyridine rings is 1. The molecule has 19 heavy (non-hydrogen) atoms. The van der Waals surface area contributed by atoms with Crippen LogP contribution in [-0.2, 0) is 0 Å². The van der Waals surface area contributed by atoms with E-state index in [1.165, 1.54) is 12.1 Å². The molecule has 4 heteroatoms. The van der Waals surface area contributed by atoms with Crippen molar-refractivity contribution in [1.29, 1.82) is 0 Å². The van der Waals surface area contributed by atoms with Crippen LogP contribution < -0.4 is 10.1 Å². The number of benzene rings is 1. The first-order valence-electron chi connectivity index (χ1n) is 6.14. The molecule has 0 aliphatic rings. The van der Waals surface area contributed by atoms with Crippen molar-refractivity contribution >= 4 is 0 Å². The van der Waals surface area contributed by atoms with Crippen LogP contribution in [0.5, 0.6) is 5.75 Å². The van der Waals surface area contributed by atoms with Gasteiger partial charge in [-0.1, -0.05) is 0 Å². The number of rotatable bonds is 5. The highest BCUT2D eigenvalue weighted by molar-refractivity contribution is 5.42. The zero-order valence-electron chi connectivity index (χ0n) is 11.1. The van der Waals surface area contributed by atoms with Crippen LogP contribution in [0.3, 0.4) is 0 Å². The van der Waals surface area contributed by atoms with Gasteiger partial charge in [-0.25, -0.2) is 4.39 Å². The van der Waals surface area contributed by atoms with Gasteiger partial charge in [0.1, 0.15) is 11.6 Å². The van der Waals surface area contributed by atoms with Crippen molar-refractivity contribution in [3.63, 3.8) is 0 Å². The fraction of sp³-hybridized carbons (Fsp3) is 0.267. The second kappa shape index (κ2) is 6.29. The lowest BCUT2D eigenvalue weighted by Gasteiger charge is -2.20. The summed E-state index contributed by atoms with van der Waals surface area (Å²) in [5.41, 5.74) is 1.91. The van der Waals surface area contributed by atoms with Gasteiger partial charge in [-0.05, 0) is 42.9 Å². The molecule has 2 rings (SSSR count). The van der Waals surface area contributed by atoms with E-state index in [1.807, 2.05) is 19.2 Å². The van der Waals surface area contributed by atoms with E-state index in [4.69, 9.17) is 4.74 Å². The number of nitrogens with one attached hydrogen (secondary N) is 1. The number of methoxy groups -OCH3 is 1. The van der Waals surface area contributed by atoms with Gasteiger partial charge in [0, 0.05) is 30.4 Å². The first kappa shape index (κ1) is 13.5. The minimum absolute atomic E-state index is 0.0265. The Hall–Kier alpha value is -1.94. The van der Waals surface area contributed by atoms with E-state index in [0.29, 0.717) is 12.3 Å². The highest BCUT2D eigenvalue weighted by atomic mass is 19.1. The molecule has 0 radical (unpaired) electrons. The van der Waals surface area contributed by atoms with Crippen molar-refractivity contribution in [3.8, 4) is 5.75 Å². The third-order valence-electron chi connectivity index (χ3n) is 3.08. The summed E-state index contributed by atoms with van der Waals surface area (Å²) < 4.78 is 18.9. The van der Waals surface area contributed by atoms with Crippen molar-refractivity contribution in [2.45, 2.75) is 5.92 Å². The van der Waals surface area contributed by atoms with E-state index in [1.54, 1.807) is 25.6 Å². The van der Waals surface area contributed by atoms with E-state index in [2.05, 4.69) is 10.3 Å². The Morgan fingerprint density at radius 1 is 1.26 bits per heavy atom. The molecule has 1 aromatic carbocycles. The summed E-state index contributed by atoms with van der Waals surface area (Å²) >= 11 is 0. The Balaban J connectivity index is 2.47. The molecule has 1 unspecified atom stereocenters. The molecule has 2 aromatic rings. The third-order valence-corrected chi connectivity index (χ3v) is 3.08. The maximum absolute atomic E-state index is 13.5. The van der Waals surface area contributed by atoms with Gasteiger partial charge in [-0.2, -0.15) is 0 Å². The van der Waals surface area contributed by atoms with E-state index in [0.717, 1.165) is 11.1 Å². The van der Waals surface area contributed by atoms with Crippen LogP contribution in [0.4, 0.5) is 4.39 Å². The van der Waals surface area contributed by atoms with Gasteiger partial charge in [-0.3, -0.25) is 4.98 Å². The summed E-state index contributed by atoms with van der Waals surface area (Å²) in [6.45, 7) is 0.698. The molecule has 3 nitrogen and oxygen atoms in total. The minimum Gasteiger partial charge on any atom is -0.496 e. The SMILES string of the molecule is CNCC(c1ccncc1)c1cc(F)ccc1OC. The molecule has 0 aliphatic carbocycles. The first-order chi connectivity index (χ1) is 9.26. The molecular weight excluding hydrogens is 243 g/mol. The predicted octanol–water partition coefficient (Wildman–Crippen LogP) is 2.58. The standard InChI is InChI=1S/C15H17FN2O/c1-17-10-14(11-5-7-18-8-6-11)13-9-12(16)3-4-15(13)19-2/h3-9,14,17H,10H2,1-2H3. The summed E-state index contributed by atoms with van der Waals surface area (Å²) in [6, 6.07) is 8.47. The van der Waals surface area contributed by atoms with E-state index in [9.17, 15) is 4.39 Å². The van der Waals surface area contributed by atoms with Crippen LogP contribution in [0.2, 0.25) is 0 Å². The van der Waals surface area contributed by atoms with Gasteiger partial charge in [0.2, 0.25) is 0 Å². The Morgan fingerprint density at radius 3 is 2.63 bits per heavy atom. The van der Waals surface area contributed by atoms with Gasteiger partial charge in [-0.15, -0.1) is 0 Å². The number of hydrogen-bond donors (Lipinski definition) is 1. The maximum Gasteiger partial charge on any atom is 0.123 e. The van der Waals surface area contributed by atoms with Crippen molar-refractivity contribution in [2.75, 3.05) is 20.7 Å². The molecule has 0 saturated carbocycles. The molecular formula is C15H17FN2O. The molecule has 1 heterocycles. The zero-order valence-corrected chi connectivity index (χ0v) is 11.1. The lowest BCUT2D eigenvalue weighted by Crippen LogP contribution is -2.19. The van der Waals surface area contributed by atoms with Crippen LogP contribution in [-0.4, -0.2) is 25.7 Å². The molecule has 0 fully saturated rings. The fourth-order valence-corrected chi connectivity index (χ4v) is 2.18. The monoisotopic (exact) mass is 260 g/mol. The predicted molar refractivity (Wildman–Crippen MR) is 73.0 cm³/mol. The second-order valence-corrected chi connectivity index (χ2v) is 4.28. The Labute approximate surface area is 112 Å². The normalized spacial score (nSPS) is 12.2. The summed E-state index contributed by atoms with van der Waals surface area (Å²) in [5, 5.41) is 3.14. The Bertz CT molecular complexity index is 531. The van der Waals surface area contributed by atoms with Gasteiger partial charge in [0.25, 0.3) is 0 Å². The van der Waals surface area contributed by atoms with Crippen molar-refractivity contribution in [3.05, 3.63) is 59.7 Å². The average Bonchev–Trinajstić information content (AvgIpc) is 2.45. The lowest BCUT2D eigenvalue weighted by atomic mass is 9.91. The maximum atomic E-state index is 13.5. The molecule has 0 saturated heterocycles. The quantitative estimate of drug-likeness (QED) is 0.897. The molecule has 1 N–H and O–H groups in total. The second-order valence-electron chi connectivity index (χ2n) is 4.28. The molecule has 0 aliphatic heterocycles. The first-order valence-corrected chi connectivity index (χ1v) is 6.14. The Kier molecular flexibility index (Phi) is 4.47. The van der Waals surface area contributed by atoms with E-state index in [-0.39, 0.29) is 11.7 Å². The number of ether oxygens (including phenoxy) is 1. The van der Waals surface area contributed by atoms with Gasteiger partial charge in [0.15, 0.2) is 0 Å². The largest absolute Gasteiger partial charge is 0.496 e. The van der Waals surface area contributed by atoms with Gasteiger partial charge >= 0.3 is 0 Å². The molecule has 0 spiro atoms. The van der Waals surface area contributed by atoms with Crippen molar-refractivity contribution in [2.24, 2.45) is 0 Å². The van der Waals surface area contributed by atoms with Crippen LogP contribution >= 0.6 is 0 Å². The number of halogens is 1. The van der Waals surface area contributed by atoms with Crippen molar-refractivity contribution < 1.29 is 9.13 Å². The number of nitrogens with zero attached hydrogens (tertiary/aromatic N) is 1. The van der Waals surface area contributed by atoms with Crippen molar-refractivity contribution in [1.82, 2.24) is 10.3 Å². The average molecular weight is 260 g/mol. The smallest absolute Gasteiger partial charge is 0.123 e. The van der Waals surface area contributed by atoms with E-state index < -0.39 is 0 Å².